The predicted molar refractivity (Wildman–Crippen MR) is 78.8 cm³/mol. The maximum atomic E-state index is 12.0. The van der Waals surface area contributed by atoms with Crippen molar-refractivity contribution in [3.63, 3.8) is 0 Å². The third kappa shape index (κ3) is 2.76. The minimum absolute atomic E-state index is 0.00778. The normalized spacial score (nSPS) is 32.0. The van der Waals surface area contributed by atoms with Gasteiger partial charge in [0.25, 0.3) is 0 Å². The molecule has 4 nitrogen and oxygen atoms in total. The molecule has 2 N–H and O–H groups in total. The molecule has 2 aliphatic rings. The van der Waals surface area contributed by atoms with Crippen molar-refractivity contribution in [1.82, 2.24) is 4.90 Å². The molecule has 3 atom stereocenters. The van der Waals surface area contributed by atoms with Crippen LogP contribution >= 0.6 is 0 Å². The van der Waals surface area contributed by atoms with E-state index in [9.17, 15) is 9.59 Å². The Kier molecular flexibility index (Phi) is 4.52. The van der Waals surface area contributed by atoms with E-state index >= 15 is 0 Å². The largest absolute Gasteiger partial charge is 0.330 e. The number of carbonyl (C=O) groups excluding carboxylic acids is 2. The number of nitrogens with two attached hydrogens (primary N) is 1. The maximum absolute atomic E-state index is 12.0. The lowest BCUT2D eigenvalue weighted by molar-refractivity contribution is -0.144. The van der Waals surface area contributed by atoms with E-state index in [0.29, 0.717) is 25.3 Å². The summed E-state index contributed by atoms with van der Waals surface area (Å²) in [6.45, 7) is 7.38. The van der Waals surface area contributed by atoms with Gasteiger partial charge >= 0.3 is 0 Å². The highest BCUT2D eigenvalue weighted by molar-refractivity contribution is 6.02. The van der Waals surface area contributed by atoms with Crippen molar-refractivity contribution < 1.29 is 9.59 Å². The van der Waals surface area contributed by atoms with Crippen LogP contribution in [0.5, 0.6) is 0 Å². The molecule has 0 aromatic carbocycles. The average Bonchev–Trinajstić information content (AvgIpc) is 2.77. The summed E-state index contributed by atoms with van der Waals surface area (Å²) >= 11 is 0. The molecule has 0 spiro atoms. The molecule has 1 heterocycles. The first-order valence-electron chi connectivity index (χ1n) is 7.95. The fourth-order valence-corrected chi connectivity index (χ4v) is 3.76. The Labute approximate surface area is 122 Å². The van der Waals surface area contributed by atoms with E-state index in [1.165, 1.54) is 0 Å². The molecule has 114 valence electrons. The molecule has 2 fully saturated rings. The molecule has 1 aliphatic heterocycles. The van der Waals surface area contributed by atoms with Gasteiger partial charge in [0, 0.05) is 18.9 Å². The van der Waals surface area contributed by atoms with Gasteiger partial charge in [0.05, 0.1) is 0 Å². The summed E-state index contributed by atoms with van der Waals surface area (Å²) in [5.74, 6) is 0.869. The standard InChI is InChI=1S/C16H28N2O2/c1-4-16(2,3)12-6-5-11(10-17)13(9-12)18-14(19)7-8-15(18)20/h11-13H,4-10,17H2,1-3H3. The summed E-state index contributed by atoms with van der Waals surface area (Å²) in [6.07, 6.45) is 5.02. The van der Waals surface area contributed by atoms with Gasteiger partial charge in [-0.1, -0.05) is 27.2 Å². The van der Waals surface area contributed by atoms with Gasteiger partial charge in [0.15, 0.2) is 0 Å². The molecule has 0 bridgehead atoms. The van der Waals surface area contributed by atoms with Crippen LogP contribution < -0.4 is 5.73 Å². The monoisotopic (exact) mass is 280 g/mol. The lowest BCUT2D eigenvalue weighted by Gasteiger charge is -2.45. The van der Waals surface area contributed by atoms with Gasteiger partial charge in [-0.15, -0.1) is 0 Å². The van der Waals surface area contributed by atoms with Crippen LogP contribution in [-0.2, 0) is 9.59 Å². The number of likely N-dealkylation sites (tertiary alicyclic amines) is 1. The third-order valence-corrected chi connectivity index (χ3v) is 5.70. The number of hydrogen-bond acceptors (Lipinski definition) is 3. The van der Waals surface area contributed by atoms with Crippen molar-refractivity contribution in [2.75, 3.05) is 6.54 Å². The Bertz CT molecular complexity index is 376. The van der Waals surface area contributed by atoms with Crippen LogP contribution in [0.1, 0.15) is 59.3 Å². The molecule has 4 heteroatoms. The van der Waals surface area contributed by atoms with E-state index in [4.69, 9.17) is 5.73 Å². The molecule has 0 aromatic rings. The zero-order valence-corrected chi connectivity index (χ0v) is 13.0. The first-order valence-corrected chi connectivity index (χ1v) is 7.95. The molecule has 1 saturated heterocycles. The first-order chi connectivity index (χ1) is 9.40. The summed E-state index contributed by atoms with van der Waals surface area (Å²) in [5, 5.41) is 0. The Hall–Kier alpha value is -0.900. The van der Waals surface area contributed by atoms with Crippen LogP contribution in [0.15, 0.2) is 0 Å². The highest BCUT2D eigenvalue weighted by Gasteiger charge is 2.44. The van der Waals surface area contributed by atoms with E-state index in [-0.39, 0.29) is 29.2 Å². The molecular weight excluding hydrogens is 252 g/mol. The number of imide groups is 1. The fourth-order valence-electron chi connectivity index (χ4n) is 3.76. The molecule has 1 aliphatic carbocycles. The zero-order valence-electron chi connectivity index (χ0n) is 13.0. The van der Waals surface area contributed by atoms with Gasteiger partial charge in [-0.25, -0.2) is 0 Å². The van der Waals surface area contributed by atoms with Crippen molar-refractivity contribution in [2.24, 2.45) is 23.0 Å². The topological polar surface area (TPSA) is 63.4 Å². The van der Waals surface area contributed by atoms with Gasteiger partial charge in [-0.05, 0) is 43.1 Å². The summed E-state index contributed by atoms with van der Waals surface area (Å²) in [7, 11) is 0. The van der Waals surface area contributed by atoms with Crippen LogP contribution in [0.25, 0.3) is 0 Å². The quantitative estimate of drug-likeness (QED) is 0.804. The molecular formula is C16H28N2O2. The minimum atomic E-state index is 0.00778. The Morgan fingerprint density at radius 1 is 1.20 bits per heavy atom. The second-order valence-corrected chi connectivity index (χ2v) is 7.07. The Balaban J connectivity index is 2.19. The van der Waals surface area contributed by atoms with Crippen molar-refractivity contribution in [1.29, 1.82) is 0 Å². The molecule has 2 amide bonds. The maximum Gasteiger partial charge on any atom is 0.229 e. The van der Waals surface area contributed by atoms with Crippen molar-refractivity contribution >= 4 is 11.8 Å². The van der Waals surface area contributed by atoms with Crippen molar-refractivity contribution in [3.05, 3.63) is 0 Å². The lowest BCUT2D eigenvalue weighted by atomic mass is 9.65. The van der Waals surface area contributed by atoms with Crippen LogP contribution in [0.4, 0.5) is 0 Å². The Morgan fingerprint density at radius 2 is 1.80 bits per heavy atom. The summed E-state index contributed by atoms with van der Waals surface area (Å²) < 4.78 is 0. The van der Waals surface area contributed by atoms with Gasteiger partial charge in [-0.2, -0.15) is 0 Å². The van der Waals surface area contributed by atoms with E-state index in [1.54, 1.807) is 4.90 Å². The number of amides is 2. The van der Waals surface area contributed by atoms with Crippen LogP contribution in [-0.4, -0.2) is 29.3 Å². The fraction of sp³-hybridized carbons (Fsp3) is 0.875. The van der Waals surface area contributed by atoms with E-state index < -0.39 is 0 Å². The number of rotatable bonds is 4. The second kappa shape index (κ2) is 5.84. The average molecular weight is 280 g/mol. The highest BCUT2D eigenvalue weighted by Crippen LogP contribution is 2.44. The second-order valence-electron chi connectivity index (χ2n) is 7.07. The molecule has 0 radical (unpaired) electrons. The summed E-state index contributed by atoms with van der Waals surface area (Å²) in [4.78, 5) is 25.6. The molecule has 3 unspecified atom stereocenters. The van der Waals surface area contributed by atoms with E-state index in [1.807, 2.05) is 0 Å². The summed E-state index contributed by atoms with van der Waals surface area (Å²) in [5.41, 5.74) is 6.16. The first kappa shape index (κ1) is 15.5. The minimum Gasteiger partial charge on any atom is -0.330 e. The zero-order chi connectivity index (χ0) is 14.9. The molecule has 2 rings (SSSR count). The van der Waals surface area contributed by atoms with E-state index in [2.05, 4.69) is 20.8 Å². The molecule has 1 saturated carbocycles. The SMILES string of the molecule is CCC(C)(C)C1CCC(CN)C(N2C(=O)CCC2=O)C1. The smallest absolute Gasteiger partial charge is 0.229 e. The number of carbonyl (C=O) groups is 2. The Morgan fingerprint density at radius 3 is 2.30 bits per heavy atom. The van der Waals surface area contributed by atoms with Gasteiger partial charge in [0.2, 0.25) is 11.8 Å². The number of nitrogens with zero attached hydrogens (tertiary/aromatic N) is 1. The van der Waals surface area contributed by atoms with Crippen LogP contribution in [0, 0.1) is 17.3 Å². The lowest BCUT2D eigenvalue weighted by Crippen LogP contribution is -2.50. The van der Waals surface area contributed by atoms with Gasteiger partial charge in [-0.3, -0.25) is 14.5 Å². The van der Waals surface area contributed by atoms with Crippen LogP contribution in [0.3, 0.4) is 0 Å². The third-order valence-electron chi connectivity index (χ3n) is 5.70. The van der Waals surface area contributed by atoms with Gasteiger partial charge < -0.3 is 5.73 Å². The van der Waals surface area contributed by atoms with Gasteiger partial charge in [0.1, 0.15) is 0 Å². The summed E-state index contributed by atoms with van der Waals surface area (Å²) in [6, 6.07) is 0.0343. The van der Waals surface area contributed by atoms with E-state index in [0.717, 1.165) is 25.7 Å². The number of hydrogen-bond donors (Lipinski definition) is 1. The van der Waals surface area contributed by atoms with Crippen LogP contribution in [0.2, 0.25) is 0 Å². The molecule has 0 aromatic heterocycles. The van der Waals surface area contributed by atoms with Crippen molar-refractivity contribution in [3.8, 4) is 0 Å². The highest BCUT2D eigenvalue weighted by atomic mass is 16.2. The predicted octanol–water partition coefficient (Wildman–Crippen LogP) is 2.32. The van der Waals surface area contributed by atoms with Crippen molar-refractivity contribution in [2.45, 2.75) is 65.3 Å². The molecule has 20 heavy (non-hydrogen) atoms.